The van der Waals surface area contributed by atoms with E-state index in [-0.39, 0.29) is 21.6 Å². The van der Waals surface area contributed by atoms with Gasteiger partial charge in [0.2, 0.25) is 21.8 Å². The summed E-state index contributed by atoms with van der Waals surface area (Å²) in [5.74, 6) is 0.538. The van der Waals surface area contributed by atoms with Crippen molar-refractivity contribution in [2.75, 3.05) is 12.3 Å². The van der Waals surface area contributed by atoms with Crippen molar-refractivity contribution < 1.29 is 18.0 Å². The van der Waals surface area contributed by atoms with Crippen molar-refractivity contribution >= 4 is 33.6 Å². The predicted molar refractivity (Wildman–Crippen MR) is 95.3 cm³/mol. The molecule has 0 bridgehead atoms. The van der Waals surface area contributed by atoms with Gasteiger partial charge in [-0.2, -0.15) is 0 Å². The van der Waals surface area contributed by atoms with Crippen molar-refractivity contribution in [2.45, 2.75) is 42.0 Å². The van der Waals surface area contributed by atoms with Gasteiger partial charge in [0.1, 0.15) is 6.04 Å². The van der Waals surface area contributed by atoms with E-state index in [1.165, 1.54) is 12.1 Å². The van der Waals surface area contributed by atoms with Crippen LogP contribution in [0.15, 0.2) is 29.2 Å². The van der Waals surface area contributed by atoms with Crippen LogP contribution in [0.4, 0.5) is 0 Å². The quantitative estimate of drug-likeness (QED) is 0.767. The largest absolute Gasteiger partial charge is 0.354 e. The maximum atomic E-state index is 12.4. The summed E-state index contributed by atoms with van der Waals surface area (Å²) in [6.45, 7) is 2.44. The van der Waals surface area contributed by atoms with Crippen molar-refractivity contribution in [3.63, 3.8) is 0 Å². The molecule has 2 saturated heterocycles. The summed E-state index contributed by atoms with van der Waals surface area (Å²) >= 11 is 1.66. The molecule has 2 amide bonds. The average molecular weight is 383 g/mol. The van der Waals surface area contributed by atoms with Gasteiger partial charge in [0.25, 0.3) is 0 Å². The summed E-state index contributed by atoms with van der Waals surface area (Å²) in [5.41, 5.74) is 0.899. The molecule has 0 aliphatic carbocycles. The van der Waals surface area contributed by atoms with Crippen molar-refractivity contribution in [3.05, 3.63) is 29.8 Å². The molecule has 2 atom stereocenters. The van der Waals surface area contributed by atoms with Crippen LogP contribution in [-0.4, -0.2) is 48.3 Å². The Hall–Kier alpha value is -1.58. The first-order valence-corrected chi connectivity index (χ1v) is 10.6. The van der Waals surface area contributed by atoms with Crippen molar-refractivity contribution in [2.24, 2.45) is 5.14 Å². The van der Waals surface area contributed by atoms with Crippen molar-refractivity contribution in [1.29, 1.82) is 0 Å². The Bertz CT molecular complexity index is 794. The van der Waals surface area contributed by atoms with E-state index in [0.29, 0.717) is 25.1 Å². The van der Waals surface area contributed by atoms with Gasteiger partial charge in [-0.05, 0) is 37.5 Å². The Kier molecular flexibility index (Phi) is 4.82. The molecule has 1 aromatic carbocycles. The SMILES string of the molecule is C[C@]12CCC(=O)N1[C@@H](C(=O)NCCc1ccc(S(N)(=O)=O)cc1)CS2. The molecule has 2 aliphatic rings. The average Bonchev–Trinajstić information content (AvgIpc) is 3.04. The number of fused-ring (bicyclic) bond motifs is 1. The lowest BCUT2D eigenvalue weighted by molar-refractivity contribution is -0.137. The van der Waals surface area contributed by atoms with Crippen LogP contribution in [0.2, 0.25) is 0 Å². The normalized spacial score (nSPS) is 25.9. The minimum absolute atomic E-state index is 0.0474. The van der Waals surface area contributed by atoms with Crippen LogP contribution in [0, 0.1) is 0 Å². The number of nitrogens with one attached hydrogen (secondary N) is 1. The molecule has 2 fully saturated rings. The van der Waals surface area contributed by atoms with Crippen LogP contribution in [0.25, 0.3) is 0 Å². The van der Waals surface area contributed by atoms with Gasteiger partial charge >= 0.3 is 0 Å². The number of carbonyl (C=O) groups excluding carboxylic acids is 2. The van der Waals surface area contributed by atoms with Crippen LogP contribution in [-0.2, 0) is 26.0 Å². The van der Waals surface area contributed by atoms with Gasteiger partial charge in [0, 0.05) is 18.7 Å². The van der Waals surface area contributed by atoms with E-state index in [2.05, 4.69) is 5.32 Å². The fraction of sp³-hybridized carbons (Fsp3) is 0.500. The first-order chi connectivity index (χ1) is 11.7. The number of benzene rings is 1. The van der Waals surface area contributed by atoms with Crippen LogP contribution < -0.4 is 10.5 Å². The minimum atomic E-state index is -3.69. The second-order valence-corrected chi connectivity index (χ2v) is 9.56. The lowest BCUT2D eigenvalue weighted by atomic mass is 10.1. The molecule has 3 N–H and O–H groups in total. The molecule has 0 unspecified atom stereocenters. The van der Waals surface area contributed by atoms with Crippen LogP contribution in [0.3, 0.4) is 0 Å². The molecule has 0 aromatic heterocycles. The number of thioether (sulfide) groups is 1. The smallest absolute Gasteiger partial charge is 0.243 e. The van der Waals surface area contributed by atoms with E-state index < -0.39 is 16.1 Å². The maximum Gasteiger partial charge on any atom is 0.243 e. The Balaban J connectivity index is 1.54. The lowest BCUT2D eigenvalue weighted by Crippen LogP contribution is -2.50. The summed E-state index contributed by atoms with van der Waals surface area (Å²) in [6.07, 6.45) is 1.86. The number of nitrogens with two attached hydrogens (primary N) is 1. The molecule has 3 rings (SSSR count). The lowest BCUT2D eigenvalue weighted by Gasteiger charge is -2.29. The molecule has 9 heteroatoms. The predicted octanol–water partition coefficient (Wildman–Crippen LogP) is 0.447. The van der Waals surface area contributed by atoms with Gasteiger partial charge in [0.15, 0.2) is 0 Å². The van der Waals surface area contributed by atoms with E-state index in [0.717, 1.165) is 12.0 Å². The fourth-order valence-electron chi connectivity index (χ4n) is 3.31. The van der Waals surface area contributed by atoms with Gasteiger partial charge in [-0.25, -0.2) is 13.6 Å². The first-order valence-electron chi connectivity index (χ1n) is 8.06. The summed E-state index contributed by atoms with van der Waals surface area (Å²) < 4.78 is 22.4. The zero-order chi connectivity index (χ0) is 18.2. The highest BCUT2D eigenvalue weighted by Crippen LogP contribution is 2.47. The first kappa shape index (κ1) is 18.2. The highest BCUT2D eigenvalue weighted by Gasteiger charge is 2.52. The number of primary sulfonamides is 1. The van der Waals surface area contributed by atoms with Gasteiger partial charge in [-0.15, -0.1) is 11.8 Å². The van der Waals surface area contributed by atoms with Gasteiger partial charge in [-0.1, -0.05) is 12.1 Å². The number of hydrogen-bond acceptors (Lipinski definition) is 5. The van der Waals surface area contributed by atoms with Crippen LogP contribution in [0.5, 0.6) is 0 Å². The van der Waals surface area contributed by atoms with E-state index in [4.69, 9.17) is 5.14 Å². The number of amides is 2. The second kappa shape index (κ2) is 6.62. The van der Waals surface area contributed by atoms with Gasteiger partial charge in [0.05, 0.1) is 9.77 Å². The second-order valence-electron chi connectivity index (χ2n) is 6.50. The van der Waals surface area contributed by atoms with Crippen molar-refractivity contribution in [1.82, 2.24) is 10.2 Å². The molecule has 136 valence electrons. The number of rotatable bonds is 5. The molecule has 0 radical (unpaired) electrons. The van der Waals surface area contributed by atoms with E-state index in [9.17, 15) is 18.0 Å². The molecule has 1 aromatic rings. The zero-order valence-corrected chi connectivity index (χ0v) is 15.5. The Labute approximate surface area is 151 Å². The molecule has 2 heterocycles. The number of nitrogens with zero attached hydrogens (tertiary/aromatic N) is 1. The third-order valence-electron chi connectivity index (χ3n) is 4.71. The topological polar surface area (TPSA) is 110 Å². The summed E-state index contributed by atoms with van der Waals surface area (Å²) in [6, 6.07) is 5.86. The Morgan fingerprint density at radius 3 is 2.72 bits per heavy atom. The molecule has 0 spiro atoms. The van der Waals surface area contributed by atoms with Gasteiger partial charge < -0.3 is 10.2 Å². The highest BCUT2D eigenvalue weighted by atomic mass is 32.2. The summed E-state index contributed by atoms with van der Waals surface area (Å²) in [4.78, 5) is 26.0. The molecule has 2 aliphatic heterocycles. The molecular weight excluding hydrogens is 362 g/mol. The third kappa shape index (κ3) is 3.68. The Morgan fingerprint density at radius 1 is 1.40 bits per heavy atom. The van der Waals surface area contributed by atoms with E-state index in [1.54, 1.807) is 28.8 Å². The fourth-order valence-corrected chi connectivity index (χ4v) is 5.26. The standard InChI is InChI=1S/C16H21N3O4S2/c1-16-8-6-14(20)19(16)13(10-24-16)15(21)18-9-7-11-2-4-12(5-3-11)25(17,22)23/h2-5,13H,6-10H2,1H3,(H,18,21)(H2,17,22,23)/t13-,16+/m1/s1. The molecule has 25 heavy (non-hydrogen) atoms. The van der Waals surface area contributed by atoms with Gasteiger partial charge in [-0.3, -0.25) is 9.59 Å². The van der Waals surface area contributed by atoms with Crippen LogP contribution in [0.1, 0.15) is 25.3 Å². The molecular formula is C16H21N3O4S2. The third-order valence-corrected chi connectivity index (χ3v) is 7.15. The number of sulfonamides is 1. The van der Waals surface area contributed by atoms with Crippen molar-refractivity contribution in [3.8, 4) is 0 Å². The minimum Gasteiger partial charge on any atom is -0.354 e. The zero-order valence-electron chi connectivity index (χ0n) is 13.9. The number of carbonyl (C=O) groups is 2. The molecule has 7 nitrogen and oxygen atoms in total. The van der Waals surface area contributed by atoms with E-state index >= 15 is 0 Å². The summed E-state index contributed by atoms with van der Waals surface area (Å²) in [5, 5.41) is 7.94. The maximum absolute atomic E-state index is 12.4. The summed E-state index contributed by atoms with van der Waals surface area (Å²) in [7, 11) is -3.69. The number of hydrogen-bond donors (Lipinski definition) is 2. The highest BCUT2D eigenvalue weighted by molar-refractivity contribution is 8.01. The monoisotopic (exact) mass is 383 g/mol. The van der Waals surface area contributed by atoms with E-state index in [1.807, 2.05) is 6.92 Å². The Morgan fingerprint density at radius 2 is 2.08 bits per heavy atom. The van der Waals surface area contributed by atoms with Crippen LogP contribution >= 0.6 is 11.8 Å². The molecule has 0 saturated carbocycles.